The molecule has 2 aromatic carbocycles. The maximum absolute atomic E-state index is 13.0. The Labute approximate surface area is 246 Å². The van der Waals surface area contributed by atoms with Gasteiger partial charge < -0.3 is 9.47 Å². The molecule has 204 valence electrons. The van der Waals surface area contributed by atoms with Crippen LogP contribution < -0.4 is 10.6 Å². The highest BCUT2D eigenvalue weighted by Crippen LogP contribution is 2.42. The Morgan fingerprint density at radius 2 is 1.15 bits per heavy atom. The average molecular weight is 608 g/mol. The molecule has 2 saturated heterocycles. The molecule has 6 rings (SSSR count). The average Bonchev–Trinajstić information content (AvgIpc) is 3.34. The smallest absolute Gasteiger partial charge is 0.319 e. The molecule has 0 saturated carbocycles. The molecule has 4 unspecified atom stereocenters. The second-order valence-electron chi connectivity index (χ2n) is 10.7. The number of carbonyl (C=O) groups excluding carboxylic acids is 2. The summed E-state index contributed by atoms with van der Waals surface area (Å²) in [5, 5.41) is 8.70. The highest BCUT2D eigenvalue weighted by molar-refractivity contribution is 6.42. The lowest BCUT2D eigenvalue weighted by atomic mass is 9.95. The second-order valence-corrected chi connectivity index (χ2v) is 12.3. The fourth-order valence-corrected chi connectivity index (χ4v) is 6.71. The van der Waals surface area contributed by atoms with Crippen LogP contribution in [0.1, 0.15) is 56.1 Å². The molecule has 4 aliphatic heterocycles. The van der Waals surface area contributed by atoms with Crippen molar-refractivity contribution in [3.05, 3.63) is 79.8 Å². The first-order valence-corrected chi connectivity index (χ1v) is 14.5. The van der Waals surface area contributed by atoms with E-state index in [0.717, 1.165) is 48.0 Å². The molecule has 4 bridgehead atoms. The quantitative estimate of drug-likeness (QED) is 0.273. The van der Waals surface area contributed by atoms with Crippen LogP contribution in [0.4, 0.5) is 0 Å². The highest BCUT2D eigenvalue weighted by atomic mass is 35.5. The molecular weight excluding hydrogens is 582 g/mol. The summed E-state index contributed by atoms with van der Waals surface area (Å²) in [6.07, 6.45) is 7.84. The number of benzene rings is 2. The SMILES string of the molecule is O=C(CC(=O)OC12C=C(c3ccc(Cl)c(Cl)c3)CC(CC1)N2)OC12C=C(c3ccc(Cl)c(Cl)c3)CC(CC1)N2. The van der Waals surface area contributed by atoms with Crippen LogP contribution in [0.15, 0.2) is 48.6 Å². The van der Waals surface area contributed by atoms with Gasteiger partial charge in [-0.1, -0.05) is 58.5 Å². The first-order valence-electron chi connectivity index (χ1n) is 12.9. The Morgan fingerprint density at radius 3 is 1.56 bits per heavy atom. The Morgan fingerprint density at radius 1 is 0.718 bits per heavy atom. The van der Waals surface area contributed by atoms with Crippen LogP contribution in [-0.4, -0.2) is 35.5 Å². The zero-order chi connectivity index (χ0) is 27.4. The summed E-state index contributed by atoms with van der Waals surface area (Å²) in [6, 6.07) is 11.3. The van der Waals surface area contributed by atoms with Crippen molar-refractivity contribution in [1.82, 2.24) is 10.6 Å². The van der Waals surface area contributed by atoms with Crippen LogP contribution in [0.3, 0.4) is 0 Å². The van der Waals surface area contributed by atoms with Gasteiger partial charge >= 0.3 is 11.9 Å². The Kier molecular flexibility index (Phi) is 7.24. The van der Waals surface area contributed by atoms with Gasteiger partial charge in [-0.3, -0.25) is 20.2 Å². The van der Waals surface area contributed by atoms with Gasteiger partial charge in [-0.15, -0.1) is 0 Å². The molecule has 0 radical (unpaired) electrons. The van der Waals surface area contributed by atoms with Crippen molar-refractivity contribution in [2.45, 2.75) is 68.5 Å². The summed E-state index contributed by atoms with van der Waals surface area (Å²) in [5.41, 5.74) is 1.96. The number of halogens is 4. The molecule has 4 aliphatic rings. The molecule has 0 amide bonds. The van der Waals surface area contributed by atoms with Gasteiger partial charge in [0.1, 0.15) is 6.42 Å². The molecule has 4 atom stereocenters. The van der Waals surface area contributed by atoms with E-state index in [1.807, 2.05) is 36.4 Å². The second kappa shape index (κ2) is 10.4. The van der Waals surface area contributed by atoms with Crippen molar-refractivity contribution in [2.24, 2.45) is 0 Å². The zero-order valence-electron chi connectivity index (χ0n) is 20.9. The summed E-state index contributed by atoms with van der Waals surface area (Å²) in [7, 11) is 0. The minimum absolute atomic E-state index is 0.157. The van der Waals surface area contributed by atoms with E-state index >= 15 is 0 Å². The maximum atomic E-state index is 13.0. The topological polar surface area (TPSA) is 76.7 Å². The Hall–Kier alpha value is -2.06. The fourth-order valence-electron chi connectivity index (χ4n) is 6.11. The molecule has 0 aromatic heterocycles. The van der Waals surface area contributed by atoms with Gasteiger partial charge in [0.15, 0.2) is 11.4 Å². The largest absolute Gasteiger partial charge is 0.440 e. The van der Waals surface area contributed by atoms with E-state index in [4.69, 9.17) is 55.9 Å². The van der Waals surface area contributed by atoms with Gasteiger partial charge in [0.05, 0.1) is 20.1 Å². The number of carbonyl (C=O) groups is 2. The van der Waals surface area contributed by atoms with Gasteiger partial charge in [0.25, 0.3) is 0 Å². The maximum Gasteiger partial charge on any atom is 0.319 e. The summed E-state index contributed by atoms with van der Waals surface area (Å²) in [6.45, 7) is 0. The van der Waals surface area contributed by atoms with E-state index in [2.05, 4.69) is 10.6 Å². The number of ether oxygens (including phenoxy) is 2. The predicted octanol–water partition coefficient (Wildman–Crippen LogP) is 6.95. The van der Waals surface area contributed by atoms with Crippen molar-refractivity contribution < 1.29 is 19.1 Å². The van der Waals surface area contributed by atoms with E-state index < -0.39 is 29.8 Å². The van der Waals surface area contributed by atoms with Gasteiger partial charge in [0.2, 0.25) is 0 Å². The highest BCUT2D eigenvalue weighted by Gasteiger charge is 2.46. The van der Waals surface area contributed by atoms with E-state index in [1.165, 1.54) is 0 Å². The molecule has 39 heavy (non-hydrogen) atoms. The van der Waals surface area contributed by atoms with Crippen LogP contribution in [0.2, 0.25) is 20.1 Å². The molecule has 2 fully saturated rings. The van der Waals surface area contributed by atoms with Crippen LogP contribution in [0.25, 0.3) is 11.1 Å². The summed E-state index contributed by atoms with van der Waals surface area (Å²) in [4.78, 5) is 25.9. The van der Waals surface area contributed by atoms with Crippen LogP contribution in [-0.2, 0) is 19.1 Å². The summed E-state index contributed by atoms with van der Waals surface area (Å²) < 4.78 is 11.8. The molecule has 0 spiro atoms. The van der Waals surface area contributed by atoms with E-state index in [0.29, 0.717) is 32.9 Å². The van der Waals surface area contributed by atoms with Crippen LogP contribution >= 0.6 is 46.4 Å². The first kappa shape index (κ1) is 27.1. The predicted molar refractivity (Wildman–Crippen MR) is 153 cm³/mol. The molecule has 4 heterocycles. The lowest BCUT2D eigenvalue weighted by Gasteiger charge is -2.34. The molecule has 2 aromatic rings. The van der Waals surface area contributed by atoms with Crippen molar-refractivity contribution in [3.8, 4) is 0 Å². The third-order valence-corrected chi connectivity index (χ3v) is 9.31. The lowest BCUT2D eigenvalue weighted by molar-refractivity contribution is -0.168. The van der Waals surface area contributed by atoms with Crippen molar-refractivity contribution in [2.75, 3.05) is 0 Å². The van der Waals surface area contributed by atoms with Crippen molar-refractivity contribution >= 4 is 69.5 Å². The zero-order valence-corrected chi connectivity index (χ0v) is 23.9. The minimum Gasteiger partial charge on any atom is -0.440 e. The fraction of sp³-hybridized carbons (Fsp3) is 0.379. The van der Waals surface area contributed by atoms with Gasteiger partial charge in [-0.05, 0) is 84.4 Å². The van der Waals surface area contributed by atoms with E-state index in [9.17, 15) is 9.59 Å². The molecular formula is C29H26Cl4N2O4. The summed E-state index contributed by atoms with van der Waals surface area (Å²) in [5.74, 6) is -1.29. The number of fused-ring (bicyclic) bond motifs is 4. The monoisotopic (exact) mass is 606 g/mol. The third-order valence-electron chi connectivity index (χ3n) is 7.83. The van der Waals surface area contributed by atoms with Crippen LogP contribution in [0, 0.1) is 0 Å². The van der Waals surface area contributed by atoms with E-state index in [-0.39, 0.29) is 12.1 Å². The van der Waals surface area contributed by atoms with Crippen LogP contribution in [0.5, 0.6) is 0 Å². The minimum atomic E-state index is -0.970. The molecule has 2 N–H and O–H groups in total. The van der Waals surface area contributed by atoms with E-state index in [1.54, 1.807) is 12.1 Å². The molecule has 10 heteroatoms. The number of esters is 2. The van der Waals surface area contributed by atoms with Crippen molar-refractivity contribution in [3.63, 3.8) is 0 Å². The number of rotatable bonds is 6. The number of hydrogen-bond acceptors (Lipinski definition) is 6. The standard InChI is InChI=1S/C29H26Cl4N2O4/c30-22-3-1-16(11-24(22)32)18-9-20-5-7-28(14-18,34-20)38-26(36)13-27(37)39-29-8-6-21(35-29)10-19(15-29)17-2-4-23(31)25(33)12-17/h1-4,11-12,14-15,20-21,34-35H,5-10,13H2. The summed E-state index contributed by atoms with van der Waals surface area (Å²) >= 11 is 24.6. The van der Waals surface area contributed by atoms with Gasteiger partial charge in [-0.25, -0.2) is 0 Å². The van der Waals surface area contributed by atoms with Gasteiger partial charge in [0, 0.05) is 24.9 Å². The lowest BCUT2D eigenvalue weighted by Crippen LogP contribution is -2.49. The molecule has 6 nitrogen and oxygen atoms in total. The number of nitrogens with one attached hydrogen (secondary N) is 2. The van der Waals surface area contributed by atoms with Crippen molar-refractivity contribution in [1.29, 1.82) is 0 Å². The number of hydrogen-bond donors (Lipinski definition) is 2. The third kappa shape index (κ3) is 5.61. The Balaban J connectivity index is 1.14. The first-order chi connectivity index (χ1) is 18.6. The van der Waals surface area contributed by atoms with Gasteiger partial charge in [-0.2, -0.15) is 0 Å². The molecule has 0 aliphatic carbocycles. The Bertz CT molecular complexity index is 1320. The normalized spacial score (nSPS) is 29.0.